The number of nitrogens with zero attached hydrogens (tertiary/aromatic N) is 2. The van der Waals surface area contributed by atoms with Crippen LogP contribution in [0.25, 0.3) is 10.9 Å². The highest BCUT2D eigenvalue weighted by atomic mass is 32.1. The van der Waals surface area contributed by atoms with E-state index < -0.39 is 0 Å². The van der Waals surface area contributed by atoms with Crippen LogP contribution in [0.5, 0.6) is 5.75 Å². The third-order valence-corrected chi connectivity index (χ3v) is 3.67. The van der Waals surface area contributed by atoms with Gasteiger partial charge in [-0.3, -0.25) is 0 Å². The standard InChI is InChI=1S/C15H16N2OS/c1-2-7-18-14-3-4-15-12(8-14)5-6-17(15)9-13-10-19-11-16-13/h3-6,8,10-11H,2,7,9H2,1H3. The van der Waals surface area contributed by atoms with Gasteiger partial charge in [-0.05, 0) is 30.7 Å². The van der Waals surface area contributed by atoms with Gasteiger partial charge in [-0.2, -0.15) is 0 Å². The van der Waals surface area contributed by atoms with Crippen molar-refractivity contribution in [2.24, 2.45) is 0 Å². The van der Waals surface area contributed by atoms with Gasteiger partial charge in [-0.25, -0.2) is 4.98 Å². The second-order valence-electron chi connectivity index (χ2n) is 4.49. The summed E-state index contributed by atoms with van der Waals surface area (Å²) in [6, 6.07) is 8.38. The van der Waals surface area contributed by atoms with Crippen molar-refractivity contribution < 1.29 is 4.74 Å². The van der Waals surface area contributed by atoms with Crippen molar-refractivity contribution in [2.75, 3.05) is 6.61 Å². The summed E-state index contributed by atoms with van der Waals surface area (Å²) >= 11 is 1.63. The first-order chi connectivity index (χ1) is 9.36. The lowest BCUT2D eigenvalue weighted by Crippen LogP contribution is -1.98. The van der Waals surface area contributed by atoms with Crippen molar-refractivity contribution in [3.8, 4) is 5.75 Å². The smallest absolute Gasteiger partial charge is 0.120 e. The van der Waals surface area contributed by atoms with Crippen LogP contribution in [0.4, 0.5) is 0 Å². The molecule has 0 bridgehead atoms. The summed E-state index contributed by atoms with van der Waals surface area (Å²) < 4.78 is 7.87. The topological polar surface area (TPSA) is 27.1 Å². The predicted molar refractivity (Wildman–Crippen MR) is 78.9 cm³/mol. The van der Waals surface area contributed by atoms with Gasteiger partial charge in [0.2, 0.25) is 0 Å². The Balaban J connectivity index is 1.87. The maximum Gasteiger partial charge on any atom is 0.120 e. The molecule has 0 unspecified atom stereocenters. The Hall–Kier alpha value is -1.81. The van der Waals surface area contributed by atoms with Gasteiger partial charge in [-0.15, -0.1) is 11.3 Å². The number of rotatable bonds is 5. The molecular weight excluding hydrogens is 256 g/mol. The van der Waals surface area contributed by atoms with Crippen LogP contribution < -0.4 is 4.74 Å². The van der Waals surface area contributed by atoms with Gasteiger partial charge in [0.05, 0.1) is 24.4 Å². The first-order valence-corrected chi connectivity index (χ1v) is 7.40. The van der Waals surface area contributed by atoms with Crippen LogP contribution in [0.2, 0.25) is 0 Å². The Labute approximate surface area is 116 Å². The van der Waals surface area contributed by atoms with Gasteiger partial charge >= 0.3 is 0 Å². The Morgan fingerprint density at radius 2 is 2.26 bits per heavy atom. The van der Waals surface area contributed by atoms with Crippen LogP contribution in [0.15, 0.2) is 41.4 Å². The zero-order valence-corrected chi connectivity index (χ0v) is 11.7. The molecule has 1 aromatic carbocycles. The quantitative estimate of drug-likeness (QED) is 0.703. The van der Waals surface area contributed by atoms with E-state index in [2.05, 4.69) is 46.3 Å². The van der Waals surface area contributed by atoms with Crippen molar-refractivity contribution in [3.63, 3.8) is 0 Å². The first-order valence-electron chi connectivity index (χ1n) is 6.45. The number of aromatic nitrogens is 2. The maximum atomic E-state index is 5.66. The van der Waals surface area contributed by atoms with Crippen LogP contribution >= 0.6 is 11.3 Å². The van der Waals surface area contributed by atoms with E-state index in [1.807, 2.05) is 11.6 Å². The number of ether oxygens (including phenoxy) is 1. The fourth-order valence-corrected chi connectivity index (χ4v) is 2.67. The lowest BCUT2D eigenvalue weighted by Gasteiger charge is -2.06. The molecular formula is C15H16N2OS. The maximum absolute atomic E-state index is 5.66. The summed E-state index contributed by atoms with van der Waals surface area (Å²) in [5.41, 5.74) is 4.20. The zero-order valence-electron chi connectivity index (χ0n) is 10.9. The normalized spacial score (nSPS) is 11.0. The van der Waals surface area contributed by atoms with Gasteiger partial charge in [-0.1, -0.05) is 6.92 Å². The number of hydrogen-bond donors (Lipinski definition) is 0. The van der Waals surface area contributed by atoms with E-state index >= 15 is 0 Å². The van der Waals surface area contributed by atoms with Gasteiger partial charge in [0.1, 0.15) is 5.75 Å². The van der Waals surface area contributed by atoms with E-state index in [-0.39, 0.29) is 0 Å². The minimum atomic E-state index is 0.769. The summed E-state index contributed by atoms with van der Waals surface area (Å²) in [7, 11) is 0. The summed E-state index contributed by atoms with van der Waals surface area (Å²) in [6.07, 6.45) is 3.14. The van der Waals surface area contributed by atoms with Crippen LogP contribution in [-0.2, 0) is 6.54 Å². The third-order valence-electron chi connectivity index (χ3n) is 3.03. The SMILES string of the molecule is CCCOc1ccc2c(ccn2Cc2cscn2)c1. The van der Waals surface area contributed by atoms with Crippen molar-refractivity contribution in [3.05, 3.63) is 47.0 Å². The van der Waals surface area contributed by atoms with Crippen LogP contribution in [0.3, 0.4) is 0 Å². The average molecular weight is 272 g/mol. The molecule has 4 heteroatoms. The van der Waals surface area contributed by atoms with E-state index in [1.54, 1.807) is 11.3 Å². The zero-order chi connectivity index (χ0) is 13.1. The van der Waals surface area contributed by atoms with Crippen molar-refractivity contribution in [1.82, 2.24) is 9.55 Å². The molecule has 3 nitrogen and oxygen atoms in total. The summed E-state index contributed by atoms with van der Waals surface area (Å²) in [5.74, 6) is 0.945. The Kier molecular flexibility index (Phi) is 3.51. The summed E-state index contributed by atoms with van der Waals surface area (Å²) in [5, 5.41) is 3.30. The highest BCUT2D eigenvalue weighted by Crippen LogP contribution is 2.23. The minimum Gasteiger partial charge on any atom is -0.494 e. The number of benzene rings is 1. The molecule has 0 aliphatic rings. The summed E-state index contributed by atoms with van der Waals surface area (Å²) in [4.78, 5) is 4.33. The van der Waals surface area contributed by atoms with Gasteiger partial charge in [0.15, 0.2) is 0 Å². The molecule has 0 atom stereocenters. The van der Waals surface area contributed by atoms with E-state index in [0.717, 1.165) is 31.0 Å². The van der Waals surface area contributed by atoms with E-state index in [4.69, 9.17) is 4.74 Å². The number of hydrogen-bond acceptors (Lipinski definition) is 3. The second-order valence-corrected chi connectivity index (χ2v) is 5.21. The highest BCUT2D eigenvalue weighted by molar-refractivity contribution is 7.07. The molecule has 0 radical (unpaired) electrons. The van der Waals surface area contributed by atoms with E-state index in [9.17, 15) is 0 Å². The second kappa shape index (κ2) is 5.45. The van der Waals surface area contributed by atoms with Gasteiger partial charge < -0.3 is 9.30 Å². The monoisotopic (exact) mass is 272 g/mol. The Bertz CT molecular complexity index is 658. The average Bonchev–Trinajstić information content (AvgIpc) is 3.07. The number of fused-ring (bicyclic) bond motifs is 1. The first kappa shape index (κ1) is 12.2. The molecule has 3 rings (SSSR count). The molecule has 0 saturated carbocycles. The van der Waals surface area contributed by atoms with Crippen molar-refractivity contribution in [1.29, 1.82) is 0 Å². The van der Waals surface area contributed by atoms with Crippen molar-refractivity contribution in [2.45, 2.75) is 19.9 Å². The largest absolute Gasteiger partial charge is 0.494 e. The third kappa shape index (κ3) is 2.63. The van der Waals surface area contributed by atoms with Crippen LogP contribution in [0, 0.1) is 0 Å². The molecule has 19 heavy (non-hydrogen) atoms. The van der Waals surface area contributed by atoms with Crippen LogP contribution in [-0.4, -0.2) is 16.2 Å². The lowest BCUT2D eigenvalue weighted by atomic mass is 10.2. The van der Waals surface area contributed by atoms with E-state index in [0.29, 0.717) is 0 Å². The molecule has 0 spiro atoms. The Morgan fingerprint density at radius 1 is 1.32 bits per heavy atom. The number of thiazole rings is 1. The predicted octanol–water partition coefficient (Wildman–Crippen LogP) is 3.93. The highest BCUT2D eigenvalue weighted by Gasteiger charge is 2.04. The van der Waals surface area contributed by atoms with Crippen molar-refractivity contribution >= 4 is 22.2 Å². The molecule has 0 saturated heterocycles. The molecule has 2 heterocycles. The van der Waals surface area contributed by atoms with Gasteiger partial charge in [0.25, 0.3) is 0 Å². The molecule has 0 aliphatic carbocycles. The minimum absolute atomic E-state index is 0.769. The molecule has 0 amide bonds. The van der Waals surface area contributed by atoms with Gasteiger partial charge in [0, 0.05) is 22.5 Å². The molecule has 0 aliphatic heterocycles. The summed E-state index contributed by atoms with van der Waals surface area (Å²) in [6.45, 7) is 3.70. The van der Waals surface area contributed by atoms with E-state index in [1.165, 1.54) is 10.9 Å². The molecule has 0 fully saturated rings. The molecule has 0 N–H and O–H groups in total. The molecule has 2 aromatic heterocycles. The lowest BCUT2D eigenvalue weighted by molar-refractivity contribution is 0.318. The Morgan fingerprint density at radius 3 is 3.05 bits per heavy atom. The molecule has 98 valence electrons. The van der Waals surface area contributed by atoms with Crippen LogP contribution in [0.1, 0.15) is 19.0 Å². The fourth-order valence-electron chi connectivity index (χ4n) is 2.12. The molecule has 3 aromatic rings. The fraction of sp³-hybridized carbons (Fsp3) is 0.267.